The fourth-order valence-electron chi connectivity index (χ4n) is 1.76. The van der Waals surface area contributed by atoms with Gasteiger partial charge in [-0.15, -0.1) is 0 Å². The van der Waals surface area contributed by atoms with Crippen LogP contribution in [0.15, 0.2) is 63.8 Å². The van der Waals surface area contributed by atoms with Gasteiger partial charge in [-0.25, -0.2) is 9.79 Å². The lowest BCUT2D eigenvalue weighted by atomic mass is 10.2. The molecule has 0 bridgehead atoms. The summed E-state index contributed by atoms with van der Waals surface area (Å²) in [5, 5.41) is 0. The molecule has 4 nitrogen and oxygen atoms in total. The Kier molecular flexibility index (Phi) is 3.43. The van der Waals surface area contributed by atoms with Crippen LogP contribution in [0.2, 0.25) is 0 Å². The van der Waals surface area contributed by atoms with Crippen molar-refractivity contribution in [3.05, 3.63) is 70.1 Å². The molecule has 0 saturated heterocycles. The Morgan fingerprint density at radius 2 is 2.05 bits per heavy atom. The topological polar surface area (TPSA) is 51.5 Å². The van der Waals surface area contributed by atoms with E-state index in [1.54, 1.807) is 24.4 Å². The monoisotopic (exact) mass is 328 g/mol. The van der Waals surface area contributed by atoms with Gasteiger partial charge in [0.2, 0.25) is 5.90 Å². The van der Waals surface area contributed by atoms with Crippen LogP contribution in [0.5, 0.6) is 0 Å². The van der Waals surface area contributed by atoms with E-state index in [2.05, 4.69) is 25.9 Å². The van der Waals surface area contributed by atoms with Gasteiger partial charge in [-0.05, 0) is 35.9 Å². The smallest absolute Gasteiger partial charge is 0.363 e. The molecule has 0 fully saturated rings. The number of carbonyl (C=O) groups is 1. The van der Waals surface area contributed by atoms with E-state index >= 15 is 0 Å². The summed E-state index contributed by atoms with van der Waals surface area (Å²) in [5.74, 6) is -0.234. The maximum Gasteiger partial charge on any atom is 0.363 e. The second-order valence-electron chi connectivity index (χ2n) is 4.11. The molecule has 1 aliphatic heterocycles. The molecule has 20 heavy (non-hydrogen) atoms. The predicted octanol–water partition coefficient (Wildman–Crippen LogP) is 3.19. The number of esters is 1. The van der Waals surface area contributed by atoms with E-state index in [4.69, 9.17) is 4.74 Å². The van der Waals surface area contributed by atoms with Gasteiger partial charge in [-0.3, -0.25) is 4.98 Å². The third-order valence-electron chi connectivity index (χ3n) is 2.66. The van der Waals surface area contributed by atoms with Gasteiger partial charge in [0.15, 0.2) is 5.70 Å². The number of hydrogen-bond donors (Lipinski definition) is 0. The van der Waals surface area contributed by atoms with Crippen LogP contribution in [0, 0.1) is 0 Å². The fraction of sp³-hybridized carbons (Fsp3) is 0. The lowest BCUT2D eigenvalue weighted by Crippen LogP contribution is -2.06. The minimum atomic E-state index is -0.467. The number of halogens is 1. The van der Waals surface area contributed by atoms with Crippen molar-refractivity contribution in [2.24, 2.45) is 4.99 Å². The largest absolute Gasteiger partial charge is 0.400 e. The van der Waals surface area contributed by atoms with E-state index in [1.165, 1.54) is 0 Å². The molecule has 0 radical (unpaired) electrons. The van der Waals surface area contributed by atoms with Gasteiger partial charge in [-0.1, -0.05) is 34.1 Å². The summed E-state index contributed by atoms with van der Waals surface area (Å²) in [7, 11) is 0. The summed E-state index contributed by atoms with van der Waals surface area (Å²) in [6.45, 7) is 0. The first-order chi connectivity index (χ1) is 9.72. The Balaban J connectivity index is 1.95. The van der Waals surface area contributed by atoms with Crippen molar-refractivity contribution in [3.63, 3.8) is 0 Å². The van der Waals surface area contributed by atoms with Crippen molar-refractivity contribution >= 4 is 33.9 Å². The maximum absolute atomic E-state index is 11.8. The Labute approximate surface area is 124 Å². The standard InChI is InChI=1S/C15H9BrN2O2/c16-11-5-3-4-10(8-11)9-13-15(19)20-14(18-13)12-6-1-2-7-17-12/h1-9H/b13-9+. The maximum atomic E-state index is 11.8. The SMILES string of the molecule is O=C1OC(c2ccccn2)=N/C1=C/c1cccc(Br)c1. The van der Waals surface area contributed by atoms with Crippen molar-refractivity contribution in [2.75, 3.05) is 0 Å². The molecule has 0 N–H and O–H groups in total. The molecule has 1 aromatic heterocycles. The van der Waals surface area contributed by atoms with Crippen LogP contribution < -0.4 is 0 Å². The first-order valence-electron chi connectivity index (χ1n) is 5.92. The molecule has 5 heteroatoms. The highest BCUT2D eigenvalue weighted by Gasteiger charge is 2.24. The highest BCUT2D eigenvalue weighted by Crippen LogP contribution is 2.20. The van der Waals surface area contributed by atoms with Crippen molar-refractivity contribution in [2.45, 2.75) is 0 Å². The Bertz CT molecular complexity index is 724. The van der Waals surface area contributed by atoms with Crippen molar-refractivity contribution in [1.82, 2.24) is 4.98 Å². The number of rotatable bonds is 2. The second kappa shape index (κ2) is 5.38. The summed E-state index contributed by atoms with van der Waals surface area (Å²) >= 11 is 3.38. The molecule has 0 amide bonds. The molecule has 2 aromatic rings. The number of pyridine rings is 1. The van der Waals surface area contributed by atoms with Crippen molar-refractivity contribution in [1.29, 1.82) is 0 Å². The van der Waals surface area contributed by atoms with Gasteiger partial charge >= 0.3 is 5.97 Å². The van der Waals surface area contributed by atoms with E-state index < -0.39 is 5.97 Å². The number of aliphatic imine (C=N–C) groups is 1. The number of benzene rings is 1. The van der Waals surface area contributed by atoms with Gasteiger partial charge < -0.3 is 4.74 Å². The molecule has 0 aliphatic carbocycles. The third kappa shape index (κ3) is 2.67. The normalized spacial score (nSPS) is 16.1. The van der Waals surface area contributed by atoms with E-state index in [1.807, 2.05) is 30.3 Å². The zero-order valence-corrected chi connectivity index (χ0v) is 11.9. The average Bonchev–Trinajstić information content (AvgIpc) is 2.81. The lowest BCUT2D eigenvalue weighted by Gasteiger charge is -1.96. The third-order valence-corrected chi connectivity index (χ3v) is 3.15. The van der Waals surface area contributed by atoms with E-state index in [9.17, 15) is 4.79 Å². The van der Waals surface area contributed by atoms with Gasteiger partial charge in [0.05, 0.1) is 0 Å². The second-order valence-corrected chi connectivity index (χ2v) is 5.02. The van der Waals surface area contributed by atoms with Crippen LogP contribution in [-0.2, 0) is 9.53 Å². The Morgan fingerprint density at radius 1 is 1.15 bits per heavy atom. The fourth-order valence-corrected chi connectivity index (χ4v) is 2.18. The number of ether oxygens (including phenoxy) is 1. The zero-order chi connectivity index (χ0) is 13.9. The van der Waals surface area contributed by atoms with E-state index in [0.29, 0.717) is 5.69 Å². The van der Waals surface area contributed by atoms with E-state index in [0.717, 1.165) is 10.0 Å². The van der Waals surface area contributed by atoms with Crippen LogP contribution in [0.3, 0.4) is 0 Å². The number of hydrogen-bond acceptors (Lipinski definition) is 4. The molecule has 0 spiro atoms. The first kappa shape index (κ1) is 12.7. The quantitative estimate of drug-likeness (QED) is 0.628. The van der Waals surface area contributed by atoms with Gasteiger partial charge in [0.1, 0.15) is 5.69 Å². The molecular formula is C15H9BrN2O2. The number of carbonyl (C=O) groups excluding carboxylic acids is 1. The minimum absolute atomic E-state index is 0.233. The highest BCUT2D eigenvalue weighted by atomic mass is 79.9. The summed E-state index contributed by atoms with van der Waals surface area (Å²) in [6, 6.07) is 12.9. The van der Waals surface area contributed by atoms with Crippen LogP contribution in [0.1, 0.15) is 11.3 Å². The lowest BCUT2D eigenvalue weighted by molar-refractivity contribution is -0.129. The van der Waals surface area contributed by atoms with Crippen molar-refractivity contribution < 1.29 is 9.53 Å². The Hall–Kier alpha value is -2.27. The predicted molar refractivity (Wildman–Crippen MR) is 79.0 cm³/mol. The Morgan fingerprint density at radius 3 is 2.80 bits per heavy atom. The zero-order valence-electron chi connectivity index (χ0n) is 10.3. The van der Waals surface area contributed by atoms with E-state index in [-0.39, 0.29) is 11.6 Å². The molecule has 3 rings (SSSR count). The average molecular weight is 329 g/mol. The number of cyclic esters (lactones) is 1. The molecule has 0 atom stereocenters. The van der Waals surface area contributed by atoms with Crippen LogP contribution in [0.4, 0.5) is 0 Å². The summed E-state index contributed by atoms with van der Waals surface area (Å²) in [6.07, 6.45) is 3.31. The minimum Gasteiger partial charge on any atom is -0.400 e. The molecular weight excluding hydrogens is 320 g/mol. The first-order valence-corrected chi connectivity index (χ1v) is 6.71. The summed E-state index contributed by atoms with van der Waals surface area (Å²) in [4.78, 5) is 20.1. The van der Waals surface area contributed by atoms with Crippen LogP contribution >= 0.6 is 15.9 Å². The van der Waals surface area contributed by atoms with Gasteiger partial charge in [0.25, 0.3) is 0 Å². The number of aromatic nitrogens is 1. The van der Waals surface area contributed by atoms with Crippen LogP contribution in [0.25, 0.3) is 6.08 Å². The summed E-state index contributed by atoms with van der Waals surface area (Å²) in [5.41, 5.74) is 1.68. The highest BCUT2D eigenvalue weighted by molar-refractivity contribution is 9.10. The molecule has 98 valence electrons. The molecule has 0 saturated carbocycles. The summed E-state index contributed by atoms with van der Waals surface area (Å²) < 4.78 is 6.07. The van der Waals surface area contributed by atoms with Gasteiger partial charge in [-0.2, -0.15) is 0 Å². The van der Waals surface area contributed by atoms with Crippen LogP contribution in [-0.4, -0.2) is 16.9 Å². The number of nitrogens with zero attached hydrogens (tertiary/aromatic N) is 2. The molecule has 0 unspecified atom stereocenters. The molecule has 2 heterocycles. The van der Waals surface area contributed by atoms with Gasteiger partial charge in [0, 0.05) is 10.7 Å². The molecule has 1 aliphatic rings. The van der Waals surface area contributed by atoms with Crippen molar-refractivity contribution in [3.8, 4) is 0 Å². The molecule has 1 aromatic carbocycles.